The molecule has 1 aromatic rings. The molecule has 2 heterocycles. The Morgan fingerprint density at radius 2 is 2.20 bits per heavy atom. The van der Waals surface area contributed by atoms with E-state index >= 15 is 0 Å². The molecule has 15 heavy (non-hydrogen) atoms. The third-order valence-corrected chi connectivity index (χ3v) is 4.49. The minimum atomic E-state index is -2.98. The van der Waals surface area contributed by atoms with Crippen LogP contribution in [0.1, 0.15) is 18.1 Å². The van der Waals surface area contributed by atoms with Gasteiger partial charge in [-0.05, 0) is 13.0 Å². The lowest BCUT2D eigenvalue weighted by atomic mass is 10.2. The van der Waals surface area contributed by atoms with Crippen LogP contribution in [0, 0.1) is 11.3 Å². The fourth-order valence-corrected chi connectivity index (χ4v) is 2.90. The van der Waals surface area contributed by atoms with Crippen molar-refractivity contribution in [2.45, 2.75) is 11.9 Å². The third-order valence-electron chi connectivity index (χ3n) is 2.20. The highest BCUT2D eigenvalue weighted by molar-refractivity contribution is 8.28. The van der Waals surface area contributed by atoms with Crippen molar-refractivity contribution in [3.05, 3.63) is 27.3 Å². The summed E-state index contributed by atoms with van der Waals surface area (Å²) < 4.78 is 19.5. The van der Waals surface area contributed by atoms with Gasteiger partial charge in [-0.2, -0.15) is 5.26 Å². The van der Waals surface area contributed by atoms with Gasteiger partial charge in [-0.3, -0.25) is 9.11 Å². The number of fused-ring (bicyclic) bond motifs is 1. The van der Waals surface area contributed by atoms with Crippen molar-refractivity contribution in [2.75, 3.05) is 0 Å². The zero-order valence-electron chi connectivity index (χ0n) is 7.73. The monoisotopic (exact) mass is 242 g/mol. The summed E-state index contributed by atoms with van der Waals surface area (Å²) in [5, 5.41) is 9.11. The zero-order chi connectivity index (χ0) is 11.2. The number of nitriles is 1. The molecule has 6 heteroatoms. The Bertz CT molecular complexity index is 520. The Hall–Kier alpha value is -1.06. The van der Waals surface area contributed by atoms with Gasteiger partial charge in [0.2, 0.25) is 0 Å². The SMILES string of the molecule is CC1=Cc2c(ncc(C#N)c2Cl)S1(O)O. The molecular formula is C9H7ClN2O2S. The van der Waals surface area contributed by atoms with Gasteiger partial charge in [0.05, 0.1) is 10.6 Å². The van der Waals surface area contributed by atoms with Gasteiger partial charge >= 0.3 is 0 Å². The van der Waals surface area contributed by atoms with E-state index in [9.17, 15) is 9.11 Å². The van der Waals surface area contributed by atoms with Gasteiger partial charge in [0.15, 0.2) is 5.03 Å². The Labute approximate surface area is 93.2 Å². The van der Waals surface area contributed by atoms with Crippen molar-refractivity contribution in [1.82, 2.24) is 4.98 Å². The predicted octanol–water partition coefficient (Wildman–Crippen LogP) is 3.09. The average molecular weight is 243 g/mol. The molecule has 0 aromatic carbocycles. The van der Waals surface area contributed by atoms with Crippen molar-refractivity contribution in [3.63, 3.8) is 0 Å². The summed E-state index contributed by atoms with van der Waals surface area (Å²) in [5.41, 5.74) is 0.671. The second-order valence-electron chi connectivity index (χ2n) is 3.12. The number of hydrogen-bond acceptors (Lipinski definition) is 4. The van der Waals surface area contributed by atoms with E-state index < -0.39 is 10.6 Å². The maximum atomic E-state index is 9.77. The lowest BCUT2D eigenvalue weighted by molar-refractivity contribution is 0.493. The predicted molar refractivity (Wildman–Crippen MR) is 58.7 cm³/mol. The first-order valence-corrected chi connectivity index (χ1v) is 5.96. The van der Waals surface area contributed by atoms with E-state index in [1.54, 1.807) is 13.0 Å². The highest BCUT2D eigenvalue weighted by Gasteiger charge is 2.31. The van der Waals surface area contributed by atoms with Gasteiger partial charge in [0.25, 0.3) is 0 Å². The molecule has 78 valence electrons. The van der Waals surface area contributed by atoms with Crippen LogP contribution in [0.2, 0.25) is 5.02 Å². The van der Waals surface area contributed by atoms with Crippen molar-refractivity contribution in [1.29, 1.82) is 5.26 Å². The molecule has 0 saturated carbocycles. The van der Waals surface area contributed by atoms with E-state index in [1.807, 2.05) is 6.07 Å². The molecule has 2 rings (SSSR count). The molecule has 0 saturated heterocycles. The smallest absolute Gasteiger partial charge is 0.160 e. The molecule has 0 atom stereocenters. The normalized spacial score (nSPS) is 19.0. The molecule has 1 aliphatic heterocycles. The van der Waals surface area contributed by atoms with Gasteiger partial charge in [0.1, 0.15) is 6.07 Å². The maximum Gasteiger partial charge on any atom is 0.160 e. The first-order chi connectivity index (χ1) is 6.98. The molecule has 0 spiro atoms. The van der Waals surface area contributed by atoms with E-state index in [4.69, 9.17) is 16.9 Å². The third kappa shape index (κ3) is 1.34. The number of rotatable bonds is 0. The molecule has 0 aliphatic carbocycles. The number of halogens is 1. The molecule has 1 aliphatic rings. The van der Waals surface area contributed by atoms with Crippen molar-refractivity contribution in [2.24, 2.45) is 0 Å². The molecule has 0 radical (unpaired) electrons. The van der Waals surface area contributed by atoms with Gasteiger partial charge in [-0.1, -0.05) is 11.6 Å². The largest absolute Gasteiger partial charge is 0.289 e. The van der Waals surface area contributed by atoms with Crippen LogP contribution in [0.3, 0.4) is 0 Å². The van der Waals surface area contributed by atoms with Gasteiger partial charge in [0, 0.05) is 16.7 Å². The van der Waals surface area contributed by atoms with E-state index in [0.29, 0.717) is 10.5 Å². The highest BCUT2D eigenvalue weighted by atomic mass is 35.5. The number of pyridine rings is 1. The fraction of sp³-hybridized carbons (Fsp3) is 0.111. The number of nitrogens with zero attached hydrogens (tertiary/aromatic N) is 2. The lowest BCUT2D eigenvalue weighted by Crippen LogP contribution is -1.99. The van der Waals surface area contributed by atoms with Crippen LogP contribution < -0.4 is 0 Å². The zero-order valence-corrected chi connectivity index (χ0v) is 9.30. The van der Waals surface area contributed by atoms with E-state index in [2.05, 4.69) is 4.98 Å². The summed E-state index contributed by atoms with van der Waals surface area (Å²) >= 11 is 5.93. The summed E-state index contributed by atoms with van der Waals surface area (Å²) in [4.78, 5) is 4.29. The summed E-state index contributed by atoms with van der Waals surface area (Å²) in [5.74, 6) is 0. The highest BCUT2D eigenvalue weighted by Crippen LogP contribution is 2.61. The van der Waals surface area contributed by atoms with Crippen LogP contribution in [0.25, 0.3) is 6.08 Å². The Morgan fingerprint density at radius 3 is 2.80 bits per heavy atom. The lowest BCUT2D eigenvalue weighted by Gasteiger charge is -2.28. The molecule has 1 aromatic heterocycles. The minimum absolute atomic E-state index is 0.156. The van der Waals surface area contributed by atoms with Crippen LogP contribution in [0.5, 0.6) is 0 Å². The van der Waals surface area contributed by atoms with Crippen molar-refractivity contribution >= 4 is 28.3 Å². The molecule has 0 unspecified atom stereocenters. The topological polar surface area (TPSA) is 77.1 Å². The Balaban J connectivity index is 2.75. The standard InChI is InChI=1S/C9H7ClN2O2S/c1-5-2-7-8(10)6(3-11)4-12-9(7)15(5,13)14/h2,4,13-14H,1H3. The Morgan fingerprint density at radius 1 is 1.53 bits per heavy atom. The summed E-state index contributed by atoms with van der Waals surface area (Å²) in [6.07, 6.45) is 2.81. The number of hydrogen-bond donors (Lipinski definition) is 2. The average Bonchev–Trinajstić information content (AvgIpc) is 2.41. The van der Waals surface area contributed by atoms with E-state index in [-0.39, 0.29) is 15.6 Å². The first-order valence-electron chi connectivity index (χ1n) is 4.03. The van der Waals surface area contributed by atoms with E-state index in [0.717, 1.165) is 0 Å². The molecule has 0 fully saturated rings. The van der Waals surface area contributed by atoms with Gasteiger partial charge in [-0.15, -0.1) is 10.6 Å². The molecule has 0 bridgehead atoms. The second-order valence-corrected chi connectivity index (χ2v) is 5.63. The molecule has 4 nitrogen and oxygen atoms in total. The van der Waals surface area contributed by atoms with Crippen molar-refractivity contribution in [3.8, 4) is 6.07 Å². The molecule has 0 amide bonds. The summed E-state index contributed by atoms with van der Waals surface area (Å²) in [6, 6.07) is 1.89. The minimum Gasteiger partial charge on any atom is -0.289 e. The molecular weight excluding hydrogens is 236 g/mol. The van der Waals surface area contributed by atoms with Gasteiger partial charge in [-0.25, -0.2) is 4.98 Å². The number of allylic oxidation sites excluding steroid dienone is 1. The van der Waals surface area contributed by atoms with Crippen LogP contribution >= 0.6 is 22.2 Å². The second kappa shape index (κ2) is 3.22. The van der Waals surface area contributed by atoms with Crippen LogP contribution in [0.15, 0.2) is 16.1 Å². The van der Waals surface area contributed by atoms with Crippen LogP contribution in [-0.2, 0) is 0 Å². The summed E-state index contributed by atoms with van der Waals surface area (Å²) in [7, 11) is -2.98. The van der Waals surface area contributed by atoms with Gasteiger partial charge < -0.3 is 0 Å². The number of aromatic nitrogens is 1. The molecule has 2 N–H and O–H groups in total. The summed E-state index contributed by atoms with van der Waals surface area (Å²) in [6.45, 7) is 1.60. The first kappa shape index (κ1) is 10.5. The van der Waals surface area contributed by atoms with Crippen LogP contribution in [-0.4, -0.2) is 14.1 Å². The quantitative estimate of drug-likeness (QED) is 0.733. The van der Waals surface area contributed by atoms with E-state index in [1.165, 1.54) is 6.20 Å². The van der Waals surface area contributed by atoms with Crippen molar-refractivity contribution < 1.29 is 9.11 Å². The maximum absolute atomic E-state index is 9.77. The Kier molecular flexibility index (Phi) is 2.24. The van der Waals surface area contributed by atoms with Crippen LogP contribution in [0.4, 0.5) is 0 Å². The fourth-order valence-electron chi connectivity index (χ4n) is 1.36.